The van der Waals surface area contributed by atoms with Gasteiger partial charge in [-0.15, -0.1) is 0 Å². The molecule has 0 bridgehead atoms. The Balaban J connectivity index is 1.41. The van der Waals surface area contributed by atoms with Crippen LogP contribution in [0.2, 0.25) is 0 Å². The van der Waals surface area contributed by atoms with Crippen LogP contribution in [0.5, 0.6) is 5.75 Å². The first-order valence-corrected chi connectivity index (χ1v) is 9.66. The van der Waals surface area contributed by atoms with Gasteiger partial charge in [-0.25, -0.2) is 0 Å². The van der Waals surface area contributed by atoms with Crippen molar-refractivity contribution in [3.05, 3.63) is 71.8 Å². The number of nitrogens with one attached hydrogen (secondary N) is 1. The monoisotopic (exact) mass is 391 g/mol. The van der Waals surface area contributed by atoms with Crippen molar-refractivity contribution < 1.29 is 14.3 Å². The maximum absolute atomic E-state index is 12.1. The number of ether oxygens (including phenoxy) is 2. The minimum absolute atomic E-state index is 0.0126. The molecule has 1 atom stereocenters. The molecule has 150 valence electrons. The van der Waals surface area contributed by atoms with E-state index in [1.54, 1.807) is 18.2 Å². The highest BCUT2D eigenvalue weighted by atomic mass is 16.5. The normalized spacial score (nSPS) is 17.0. The highest BCUT2D eigenvalue weighted by Crippen LogP contribution is 2.13. The Morgan fingerprint density at radius 2 is 2.03 bits per heavy atom. The second-order valence-electron chi connectivity index (χ2n) is 6.81. The van der Waals surface area contributed by atoms with E-state index in [0.29, 0.717) is 18.9 Å². The minimum Gasteiger partial charge on any atom is -0.479 e. The number of carbonyl (C=O) groups is 1. The molecule has 1 fully saturated rings. The van der Waals surface area contributed by atoms with Gasteiger partial charge in [-0.05, 0) is 29.3 Å². The first kappa shape index (κ1) is 20.6. The molecule has 2 aromatic carbocycles. The van der Waals surface area contributed by atoms with Crippen LogP contribution in [0.25, 0.3) is 6.08 Å². The highest BCUT2D eigenvalue weighted by molar-refractivity contribution is 5.91. The summed E-state index contributed by atoms with van der Waals surface area (Å²) < 4.78 is 11.0. The molecule has 6 nitrogen and oxygen atoms in total. The number of hydrogen-bond acceptors (Lipinski definition) is 5. The fraction of sp³-hybridized carbons (Fsp3) is 0.304. The number of nitrogens with zero attached hydrogens (tertiary/aromatic N) is 2. The number of rotatable bonds is 8. The van der Waals surface area contributed by atoms with Crippen LogP contribution in [0.1, 0.15) is 11.1 Å². The summed E-state index contributed by atoms with van der Waals surface area (Å²) >= 11 is 0. The Morgan fingerprint density at radius 3 is 2.79 bits per heavy atom. The van der Waals surface area contributed by atoms with Crippen LogP contribution in [0, 0.1) is 11.3 Å². The third-order valence-corrected chi connectivity index (χ3v) is 4.59. The summed E-state index contributed by atoms with van der Waals surface area (Å²) in [5, 5.41) is 11.4. The molecule has 6 heteroatoms. The van der Waals surface area contributed by atoms with Crippen molar-refractivity contribution in [3.8, 4) is 11.8 Å². The Kier molecular flexibility index (Phi) is 7.81. The highest BCUT2D eigenvalue weighted by Gasteiger charge is 2.20. The molecule has 1 saturated heterocycles. The van der Waals surface area contributed by atoms with E-state index in [1.165, 1.54) is 11.6 Å². The lowest BCUT2D eigenvalue weighted by atomic mass is 10.2. The lowest BCUT2D eigenvalue weighted by Crippen LogP contribution is -2.46. The number of hydrogen-bond donors (Lipinski definition) is 1. The van der Waals surface area contributed by atoms with Crippen molar-refractivity contribution in [1.82, 2.24) is 10.2 Å². The minimum atomic E-state index is -0.154. The van der Waals surface area contributed by atoms with Gasteiger partial charge in [0.2, 0.25) is 5.91 Å². The zero-order valence-electron chi connectivity index (χ0n) is 16.3. The van der Waals surface area contributed by atoms with Gasteiger partial charge in [0, 0.05) is 32.3 Å². The number of morpholine rings is 1. The number of nitriles is 1. The second kappa shape index (κ2) is 11.0. The first-order chi connectivity index (χ1) is 14.2. The summed E-state index contributed by atoms with van der Waals surface area (Å²) in [6.45, 7) is 3.75. The molecular weight excluding hydrogens is 366 g/mol. The fourth-order valence-electron chi connectivity index (χ4n) is 3.13. The quantitative estimate of drug-likeness (QED) is 0.700. The van der Waals surface area contributed by atoms with Gasteiger partial charge in [-0.3, -0.25) is 9.69 Å². The van der Waals surface area contributed by atoms with E-state index in [0.717, 1.165) is 25.2 Å². The molecule has 1 unspecified atom stereocenters. The van der Waals surface area contributed by atoms with E-state index >= 15 is 0 Å². The molecular formula is C23H25N3O3. The van der Waals surface area contributed by atoms with Gasteiger partial charge in [0.05, 0.1) is 12.7 Å². The summed E-state index contributed by atoms with van der Waals surface area (Å²) in [4.78, 5) is 14.5. The van der Waals surface area contributed by atoms with E-state index in [1.807, 2.05) is 36.4 Å². The van der Waals surface area contributed by atoms with Crippen molar-refractivity contribution in [2.45, 2.75) is 12.6 Å². The summed E-state index contributed by atoms with van der Waals surface area (Å²) in [6.07, 6.45) is 3.24. The predicted molar refractivity (Wildman–Crippen MR) is 111 cm³/mol. The Morgan fingerprint density at radius 1 is 1.24 bits per heavy atom. The van der Waals surface area contributed by atoms with Crippen LogP contribution >= 0.6 is 0 Å². The first-order valence-electron chi connectivity index (χ1n) is 9.66. The SMILES string of the molecule is N#CCOc1ccc(/C=C/C(=O)NCC2CN(Cc3ccccc3)CCO2)cc1. The third kappa shape index (κ3) is 7.07. The summed E-state index contributed by atoms with van der Waals surface area (Å²) in [5.41, 5.74) is 2.16. The van der Waals surface area contributed by atoms with E-state index in [2.05, 4.69) is 22.3 Å². The predicted octanol–water partition coefficient (Wildman–Crippen LogP) is 2.62. The lowest BCUT2D eigenvalue weighted by Gasteiger charge is -2.33. The van der Waals surface area contributed by atoms with Gasteiger partial charge in [-0.1, -0.05) is 42.5 Å². The maximum Gasteiger partial charge on any atom is 0.244 e. The zero-order chi connectivity index (χ0) is 20.3. The summed E-state index contributed by atoms with van der Waals surface area (Å²) in [6, 6.07) is 19.5. The van der Waals surface area contributed by atoms with Crippen molar-refractivity contribution in [1.29, 1.82) is 5.26 Å². The smallest absolute Gasteiger partial charge is 0.244 e. The van der Waals surface area contributed by atoms with Gasteiger partial charge in [-0.2, -0.15) is 5.26 Å². The average molecular weight is 391 g/mol. The second-order valence-corrected chi connectivity index (χ2v) is 6.81. The van der Waals surface area contributed by atoms with E-state index < -0.39 is 0 Å². The van der Waals surface area contributed by atoms with Gasteiger partial charge < -0.3 is 14.8 Å². The van der Waals surface area contributed by atoms with Crippen molar-refractivity contribution in [2.75, 3.05) is 32.8 Å². The van der Waals surface area contributed by atoms with Crippen LogP contribution in [0.3, 0.4) is 0 Å². The van der Waals surface area contributed by atoms with Crippen LogP contribution in [-0.2, 0) is 16.1 Å². The molecule has 0 radical (unpaired) electrons. The van der Waals surface area contributed by atoms with Crippen molar-refractivity contribution in [3.63, 3.8) is 0 Å². The molecule has 0 saturated carbocycles. The molecule has 1 aliphatic heterocycles. The molecule has 0 aromatic heterocycles. The summed E-state index contributed by atoms with van der Waals surface area (Å²) in [7, 11) is 0. The maximum atomic E-state index is 12.1. The van der Waals surface area contributed by atoms with Gasteiger partial charge in [0.1, 0.15) is 11.8 Å². The molecule has 3 rings (SSSR count). The Bertz CT molecular complexity index is 844. The molecule has 2 aromatic rings. The van der Waals surface area contributed by atoms with Crippen molar-refractivity contribution in [2.24, 2.45) is 0 Å². The number of carbonyl (C=O) groups excluding carboxylic acids is 1. The average Bonchev–Trinajstić information content (AvgIpc) is 2.76. The van der Waals surface area contributed by atoms with Gasteiger partial charge >= 0.3 is 0 Å². The van der Waals surface area contributed by atoms with E-state index in [-0.39, 0.29) is 18.6 Å². The molecule has 0 spiro atoms. The van der Waals surface area contributed by atoms with Crippen LogP contribution in [0.4, 0.5) is 0 Å². The molecule has 1 aliphatic rings. The largest absolute Gasteiger partial charge is 0.479 e. The van der Waals surface area contributed by atoms with Crippen LogP contribution in [-0.4, -0.2) is 49.8 Å². The number of amides is 1. The van der Waals surface area contributed by atoms with Crippen molar-refractivity contribution >= 4 is 12.0 Å². The molecule has 0 aliphatic carbocycles. The summed E-state index contributed by atoms with van der Waals surface area (Å²) in [5.74, 6) is 0.473. The molecule has 1 heterocycles. The third-order valence-electron chi connectivity index (χ3n) is 4.59. The Labute approximate surface area is 171 Å². The fourth-order valence-corrected chi connectivity index (χ4v) is 3.13. The van der Waals surface area contributed by atoms with E-state index in [4.69, 9.17) is 14.7 Å². The number of benzene rings is 2. The molecule has 1 amide bonds. The Hall–Kier alpha value is -3.14. The van der Waals surface area contributed by atoms with Gasteiger partial charge in [0.25, 0.3) is 0 Å². The van der Waals surface area contributed by atoms with Gasteiger partial charge in [0.15, 0.2) is 6.61 Å². The zero-order valence-corrected chi connectivity index (χ0v) is 16.3. The molecule has 1 N–H and O–H groups in total. The topological polar surface area (TPSA) is 74.6 Å². The van der Waals surface area contributed by atoms with E-state index in [9.17, 15) is 4.79 Å². The lowest BCUT2D eigenvalue weighted by molar-refractivity contribution is -0.117. The van der Waals surface area contributed by atoms with Crippen LogP contribution in [0.15, 0.2) is 60.7 Å². The molecule has 29 heavy (non-hydrogen) atoms. The van der Waals surface area contributed by atoms with Crippen LogP contribution < -0.4 is 10.1 Å². The standard InChI is InChI=1S/C23H25N3O3/c24-12-14-28-21-9-6-19(7-10-21)8-11-23(27)25-16-22-18-26(13-15-29-22)17-20-4-2-1-3-5-20/h1-11,22H,13-18H2,(H,25,27)/b11-8+.